The highest BCUT2D eigenvalue weighted by Gasteiger charge is 2.35. The first-order valence-electron chi connectivity index (χ1n) is 15.4. The van der Waals surface area contributed by atoms with E-state index in [-0.39, 0.29) is 30.3 Å². The van der Waals surface area contributed by atoms with Gasteiger partial charge in [0.15, 0.2) is 0 Å². The van der Waals surface area contributed by atoms with Crippen LogP contribution in [0.25, 0.3) is 11.0 Å². The molecule has 2 fully saturated rings. The maximum Gasteiger partial charge on any atom is 0.416 e. The van der Waals surface area contributed by atoms with Crippen LogP contribution in [-0.2, 0) is 19.3 Å². The fourth-order valence-electron chi connectivity index (χ4n) is 6.33. The number of rotatable bonds is 6. The lowest BCUT2D eigenvalue weighted by atomic mass is 9.96. The number of alkyl halides is 3. The Balaban J connectivity index is 1.06. The van der Waals surface area contributed by atoms with E-state index in [2.05, 4.69) is 31.2 Å². The van der Waals surface area contributed by atoms with E-state index >= 15 is 0 Å². The molecule has 5 heterocycles. The average molecular weight is 620 g/mol. The van der Waals surface area contributed by atoms with E-state index in [0.717, 1.165) is 41.4 Å². The molecule has 0 radical (unpaired) electrons. The van der Waals surface area contributed by atoms with Crippen molar-refractivity contribution >= 4 is 22.8 Å². The van der Waals surface area contributed by atoms with Crippen molar-refractivity contribution in [3.05, 3.63) is 76.9 Å². The quantitative estimate of drug-likeness (QED) is 0.255. The number of carbonyl (C=O) groups is 1. The molecule has 1 aliphatic carbocycles. The number of nitrogens with zero attached hydrogens (tertiary/aromatic N) is 5. The van der Waals surface area contributed by atoms with Gasteiger partial charge in [0.2, 0.25) is 0 Å². The number of nitrogens with one attached hydrogen (secondary N) is 2. The van der Waals surface area contributed by atoms with Crippen LogP contribution in [0.3, 0.4) is 0 Å². The normalized spacial score (nSPS) is 19.5. The SMILES string of the molecule is C[C@@H]1CN(C(=O)Nc2ccc(CN3CCN(C)CC3)c(C(F)(F)F)c2)Cc2cc(Oc3ccnc4[nH]c(C5CC5)cc34)cnc21. The Labute approximate surface area is 259 Å². The van der Waals surface area contributed by atoms with E-state index < -0.39 is 17.8 Å². The molecule has 1 atom stereocenters. The van der Waals surface area contributed by atoms with E-state index in [4.69, 9.17) is 4.74 Å². The van der Waals surface area contributed by atoms with Crippen LogP contribution in [-0.4, -0.2) is 75.5 Å². The van der Waals surface area contributed by atoms with E-state index in [9.17, 15) is 18.0 Å². The summed E-state index contributed by atoms with van der Waals surface area (Å²) in [4.78, 5) is 31.6. The van der Waals surface area contributed by atoms with Crippen LogP contribution in [0.4, 0.5) is 23.7 Å². The molecule has 2 N–H and O–H groups in total. The van der Waals surface area contributed by atoms with Gasteiger partial charge in [0.05, 0.1) is 22.8 Å². The maximum atomic E-state index is 14.1. The molecule has 2 amide bonds. The van der Waals surface area contributed by atoms with Crippen molar-refractivity contribution in [1.29, 1.82) is 0 Å². The number of likely N-dealkylation sites (N-methyl/N-ethyl adjacent to an activating group) is 1. The number of H-pyrrole nitrogens is 1. The highest BCUT2D eigenvalue weighted by Crippen LogP contribution is 2.42. The predicted octanol–water partition coefficient (Wildman–Crippen LogP) is 6.55. The first-order chi connectivity index (χ1) is 21.6. The van der Waals surface area contributed by atoms with Gasteiger partial charge in [-0.2, -0.15) is 13.2 Å². The Morgan fingerprint density at radius 2 is 1.89 bits per heavy atom. The maximum absolute atomic E-state index is 14.1. The molecule has 0 bridgehead atoms. The Morgan fingerprint density at radius 3 is 2.64 bits per heavy atom. The zero-order valence-electron chi connectivity index (χ0n) is 25.3. The molecular weight excluding hydrogens is 583 g/mol. The average Bonchev–Trinajstić information content (AvgIpc) is 3.76. The second-order valence-electron chi connectivity index (χ2n) is 12.5. The lowest BCUT2D eigenvalue weighted by molar-refractivity contribution is -0.138. The van der Waals surface area contributed by atoms with Crippen LogP contribution in [0, 0.1) is 0 Å². The minimum Gasteiger partial charge on any atom is -0.455 e. The molecule has 12 heteroatoms. The van der Waals surface area contributed by atoms with Gasteiger partial charge in [-0.1, -0.05) is 13.0 Å². The van der Waals surface area contributed by atoms with E-state index in [0.29, 0.717) is 37.1 Å². The molecule has 3 aromatic heterocycles. The van der Waals surface area contributed by atoms with Gasteiger partial charge in [-0.15, -0.1) is 0 Å². The van der Waals surface area contributed by atoms with Crippen molar-refractivity contribution in [2.75, 3.05) is 45.1 Å². The van der Waals surface area contributed by atoms with Crippen LogP contribution in [0.5, 0.6) is 11.5 Å². The van der Waals surface area contributed by atoms with E-state index in [1.54, 1.807) is 23.4 Å². The summed E-state index contributed by atoms with van der Waals surface area (Å²) in [7, 11) is 2.01. The minimum atomic E-state index is -4.54. The number of amides is 2. The summed E-state index contributed by atoms with van der Waals surface area (Å²) in [5, 5.41) is 3.61. The number of aromatic amines is 1. The molecular formula is C33H36F3N7O2. The molecule has 2 aliphatic heterocycles. The topological polar surface area (TPSA) is 89.6 Å². The Hall–Kier alpha value is -4.16. The summed E-state index contributed by atoms with van der Waals surface area (Å²) in [6, 6.07) is 9.41. The Morgan fingerprint density at radius 1 is 1.09 bits per heavy atom. The number of carbonyl (C=O) groups excluding carboxylic acids is 1. The molecule has 0 unspecified atom stereocenters. The number of hydrogen-bond donors (Lipinski definition) is 2. The lowest BCUT2D eigenvalue weighted by Crippen LogP contribution is -2.44. The number of anilines is 1. The molecule has 1 aromatic carbocycles. The number of urea groups is 1. The summed E-state index contributed by atoms with van der Waals surface area (Å²) >= 11 is 0. The van der Waals surface area contributed by atoms with Gasteiger partial charge in [-0.3, -0.25) is 9.88 Å². The van der Waals surface area contributed by atoms with Gasteiger partial charge >= 0.3 is 12.2 Å². The third-order valence-corrected chi connectivity index (χ3v) is 9.00. The van der Waals surface area contributed by atoms with Crippen LogP contribution in [0.15, 0.2) is 48.8 Å². The molecule has 3 aliphatic rings. The van der Waals surface area contributed by atoms with Crippen molar-refractivity contribution in [2.24, 2.45) is 0 Å². The third kappa shape index (κ3) is 6.34. The number of benzene rings is 1. The van der Waals surface area contributed by atoms with E-state index in [1.807, 2.05) is 31.0 Å². The van der Waals surface area contributed by atoms with Crippen LogP contribution in [0.1, 0.15) is 59.7 Å². The van der Waals surface area contributed by atoms with Gasteiger partial charge < -0.3 is 24.8 Å². The van der Waals surface area contributed by atoms with Crippen molar-refractivity contribution < 1.29 is 22.7 Å². The number of pyridine rings is 2. The first kappa shape index (κ1) is 29.5. The van der Waals surface area contributed by atoms with Crippen molar-refractivity contribution in [2.45, 2.75) is 50.9 Å². The fraction of sp³-hybridized carbons (Fsp3) is 0.424. The molecule has 7 rings (SSSR count). The molecule has 9 nitrogen and oxygen atoms in total. The second-order valence-corrected chi connectivity index (χ2v) is 12.5. The summed E-state index contributed by atoms with van der Waals surface area (Å²) in [5.41, 5.74) is 3.24. The van der Waals surface area contributed by atoms with Gasteiger partial charge in [0.25, 0.3) is 0 Å². The molecule has 45 heavy (non-hydrogen) atoms. The summed E-state index contributed by atoms with van der Waals surface area (Å²) in [6.45, 7) is 5.89. The Bertz CT molecular complexity index is 1730. The van der Waals surface area contributed by atoms with Crippen LogP contribution in [0.2, 0.25) is 0 Å². The number of piperazine rings is 1. The first-order valence-corrected chi connectivity index (χ1v) is 15.4. The lowest BCUT2D eigenvalue weighted by Gasteiger charge is -2.33. The van der Waals surface area contributed by atoms with Gasteiger partial charge in [-0.05, 0) is 67.3 Å². The molecule has 0 spiro atoms. The zero-order chi connectivity index (χ0) is 31.3. The molecule has 236 valence electrons. The largest absolute Gasteiger partial charge is 0.455 e. The number of halogens is 3. The highest BCUT2D eigenvalue weighted by molar-refractivity contribution is 5.89. The van der Waals surface area contributed by atoms with Gasteiger partial charge in [0.1, 0.15) is 17.1 Å². The molecule has 4 aromatic rings. The summed E-state index contributed by atoms with van der Waals surface area (Å²) in [5.74, 6) is 1.69. The number of aromatic nitrogens is 3. The van der Waals surface area contributed by atoms with Gasteiger partial charge in [0, 0.05) is 69.3 Å². The molecule has 1 saturated carbocycles. The summed E-state index contributed by atoms with van der Waals surface area (Å²) < 4.78 is 48.6. The third-order valence-electron chi connectivity index (χ3n) is 9.00. The number of ether oxygens (including phenoxy) is 1. The molecule has 1 saturated heterocycles. The van der Waals surface area contributed by atoms with Crippen LogP contribution < -0.4 is 10.1 Å². The van der Waals surface area contributed by atoms with Crippen molar-refractivity contribution in [1.82, 2.24) is 29.7 Å². The number of fused-ring (bicyclic) bond motifs is 2. The highest BCUT2D eigenvalue weighted by atomic mass is 19.4. The smallest absolute Gasteiger partial charge is 0.416 e. The monoisotopic (exact) mass is 619 g/mol. The fourth-order valence-corrected chi connectivity index (χ4v) is 6.33. The predicted molar refractivity (Wildman–Crippen MR) is 164 cm³/mol. The summed E-state index contributed by atoms with van der Waals surface area (Å²) in [6.07, 6.45) is 1.20. The Kier molecular flexibility index (Phi) is 7.65. The minimum absolute atomic E-state index is 0.0661. The number of hydrogen-bond acceptors (Lipinski definition) is 6. The van der Waals surface area contributed by atoms with Crippen molar-refractivity contribution in [3.63, 3.8) is 0 Å². The van der Waals surface area contributed by atoms with E-state index in [1.165, 1.54) is 24.6 Å². The second kappa shape index (κ2) is 11.6. The zero-order valence-corrected chi connectivity index (χ0v) is 25.3. The van der Waals surface area contributed by atoms with Crippen molar-refractivity contribution in [3.8, 4) is 11.5 Å². The van der Waals surface area contributed by atoms with Crippen LogP contribution >= 0.6 is 0 Å². The standard InChI is InChI=1S/C33H36F3N7O2/c1-20-17-43(32(44)39-24-6-5-22(27(14-24)33(34,35)36)18-42-11-9-41(2)10-12-42)19-23-13-25(16-38-30(20)23)45-29-7-8-37-31-26(29)15-28(40-31)21-3-4-21/h5-8,13-16,20-21H,3-4,9-12,17-19H2,1-2H3,(H,37,40)(H,39,44)/t20-/m1/s1. The van der Waals surface area contributed by atoms with Gasteiger partial charge in [-0.25, -0.2) is 9.78 Å².